The number of hydrogen-bond donors (Lipinski definition) is 1. The second-order valence-corrected chi connectivity index (χ2v) is 14.1. The lowest BCUT2D eigenvalue weighted by molar-refractivity contribution is -0.144. The normalized spacial score (nSPS) is 11.9. The number of aldehydes is 1. The molecule has 0 spiro atoms. The number of unbranched alkanes of at least 4 members (excludes halogenated alkanes) is 22. The van der Waals surface area contributed by atoms with Gasteiger partial charge in [-0.3, -0.25) is 14.5 Å². The van der Waals surface area contributed by atoms with Crippen LogP contribution in [-0.2, 0) is 23.9 Å². The average Bonchev–Trinajstić information content (AvgIpc) is 3.10. The molecule has 0 aliphatic carbocycles. The lowest BCUT2D eigenvalue weighted by atomic mass is 10.1. The van der Waals surface area contributed by atoms with Crippen molar-refractivity contribution >= 4 is 18.2 Å². The van der Waals surface area contributed by atoms with Gasteiger partial charge in [-0.05, 0) is 63.9 Å². The Kier molecular flexibility index (Phi) is 37.9. The topological polar surface area (TPSA) is 93.1 Å². The maximum Gasteiger partial charge on any atom is 0.305 e. The maximum absolute atomic E-state index is 12.3. The number of allylic oxidation sites excluding steroid dienone is 4. The van der Waals surface area contributed by atoms with Gasteiger partial charge >= 0.3 is 11.9 Å². The van der Waals surface area contributed by atoms with Crippen molar-refractivity contribution in [3.8, 4) is 0 Å². The van der Waals surface area contributed by atoms with Gasteiger partial charge in [0.15, 0.2) is 0 Å². The first kappa shape index (κ1) is 47.8. The fourth-order valence-corrected chi connectivity index (χ4v) is 6.07. The molecule has 0 atom stereocenters. The lowest BCUT2D eigenvalue weighted by Crippen LogP contribution is -2.33. The highest BCUT2D eigenvalue weighted by Crippen LogP contribution is 2.16. The number of hydrogen-bond acceptors (Lipinski definition) is 6. The van der Waals surface area contributed by atoms with Gasteiger partial charge in [0, 0.05) is 38.9 Å². The van der Waals surface area contributed by atoms with Crippen LogP contribution in [0.15, 0.2) is 24.0 Å². The Balaban J connectivity index is 4.33. The van der Waals surface area contributed by atoms with Crippen molar-refractivity contribution < 1.29 is 29.0 Å². The van der Waals surface area contributed by atoms with E-state index in [2.05, 4.69) is 32.1 Å². The van der Waals surface area contributed by atoms with Crippen molar-refractivity contribution in [2.75, 3.05) is 32.8 Å². The Labute approximate surface area is 308 Å². The number of carboxylic acid groups (broad SMARTS) is 1. The van der Waals surface area contributed by atoms with Crippen LogP contribution in [0.2, 0.25) is 0 Å². The second-order valence-electron chi connectivity index (χ2n) is 14.1. The van der Waals surface area contributed by atoms with E-state index < -0.39 is 5.97 Å². The van der Waals surface area contributed by atoms with E-state index in [4.69, 9.17) is 9.47 Å². The third kappa shape index (κ3) is 37.1. The van der Waals surface area contributed by atoms with E-state index in [9.17, 15) is 19.5 Å². The highest BCUT2D eigenvalue weighted by molar-refractivity contribution is 5.69. The first-order valence-corrected chi connectivity index (χ1v) is 21.0. The molecule has 0 radical (unpaired) electrons. The van der Waals surface area contributed by atoms with Crippen LogP contribution in [0, 0.1) is 0 Å². The summed E-state index contributed by atoms with van der Waals surface area (Å²) in [6, 6.07) is 0. The van der Waals surface area contributed by atoms with Gasteiger partial charge in [-0.25, -0.2) is 0 Å². The van der Waals surface area contributed by atoms with E-state index in [0.717, 1.165) is 82.7 Å². The van der Waals surface area contributed by atoms with Gasteiger partial charge < -0.3 is 19.4 Å². The SMILES string of the molecule is CCCCCCCCC=CCCCCCCCC(=O)OCCN(CCOC(=CCCCCCCCC)CCCCCCCC=O)CCC(=O)O. The number of esters is 1. The molecule has 0 aromatic rings. The maximum atomic E-state index is 12.3. The minimum Gasteiger partial charge on any atom is -0.497 e. The summed E-state index contributed by atoms with van der Waals surface area (Å²) in [5.74, 6) is 0.0453. The summed E-state index contributed by atoms with van der Waals surface area (Å²) >= 11 is 0. The Hall–Kier alpha value is -2.15. The van der Waals surface area contributed by atoms with Crippen LogP contribution < -0.4 is 0 Å². The van der Waals surface area contributed by atoms with Crippen molar-refractivity contribution in [1.29, 1.82) is 0 Å². The fourth-order valence-electron chi connectivity index (χ4n) is 6.07. The van der Waals surface area contributed by atoms with Gasteiger partial charge in [0.1, 0.15) is 19.5 Å². The molecule has 0 fully saturated rings. The minimum atomic E-state index is -0.829. The van der Waals surface area contributed by atoms with Gasteiger partial charge in [0.2, 0.25) is 0 Å². The number of carboxylic acids is 1. The Morgan fingerprint density at radius 1 is 0.520 bits per heavy atom. The summed E-state index contributed by atoms with van der Waals surface area (Å²) in [5, 5.41) is 9.26. The van der Waals surface area contributed by atoms with Gasteiger partial charge in [-0.2, -0.15) is 0 Å². The first-order chi connectivity index (χ1) is 24.5. The molecule has 0 saturated carbocycles. The predicted octanol–water partition coefficient (Wildman–Crippen LogP) is 11.9. The number of carbonyl (C=O) groups excluding carboxylic acids is 2. The van der Waals surface area contributed by atoms with Gasteiger partial charge in [0.25, 0.3) is 0 Å². The second kappa shape index (κ2) is 39.6. The Morgan fingerprint density at radius 2 is 0.980 bits per heavy atom. The lowest BCUT2D eigenvalue weighted by Gasteiger charge is -2.22. The molecule has 0 saturated heterocycles. The molecule has 0 unspecified atom stereocenters. The van der Waals surface area contributed by atoms with Crippen LogP contribution in [-0.4, -0.2) is 61.1 Å². The molecule has 292 valence electrons. The van der Waals surface area contributed by atoms with E-state index in [-0.39, 0.29) is 19.0 Å². The van der Waals surface area contributed by atoms with E-state index in [0.29, 0.717) is 39.1 Å². The predicted molar refractivity (Wildman–Crippen MR) is 210 cm³/mol. The molecular weight excluding hydrogens is 626 g/mol. The average molecular weight is 706 g/mol. The zero-order valence-electron chi connectivity index (χ0n) is 32.8. The zero-order chi connectivity index (χ0) is 36.6. The molecule has 0 aliphatic rings. The molecule has 0 bridgehead atoms. The molecule has 7 nitrogen and oxygen atoms in total. The van der Waals surface area contributed by atoms with E-state index in [1.165, 1.54) is 96.3 Å². The highest BCUT2D eigenvalue weighted by atomic mass is 16.5. The Bertz CT molecular complexity index is 826. The zero-order valence-corrected chi connectivity index (χ0v) is 32.8. The van der Waals surface area contributed by atoms with Crippen LogP contribution in [0.25, 0.3) is 0 Å². The van der Waals surface area contributed by atoms with Crippen molar-refractivity contribution in [1.82, 2.24) is 4.90 Å². The number of ether oxygens (including phenoxy) is 2. The monoisotopic (exact) mass is 706 g/mol. The molecule has 0 rings (SSSR count). The van der Waals surface area contributed by atoms with E-state index >= 15 is 0 Å². The number of carbonyl (C=O) groups is 3. The largest absolute Gasteiger partial charge is 0.497 e. The molecule has 50 heavy (non-hydrogen) atoms. The fraction of sp³-hybridized carbons (Fsp3) is 0.837. The van der Waals surface area contributed by atoms with Crippen molar-refractivity contribution in [2.24, 2.45) is 0 Å². The van der Waals surface area contributed by atoms with Gasteiger partial charge in [0.05, 0.1) is 12.2 Å². The molecule has 7 heteroatoms. The summed E-state index contributed by atoms with van der Waals surface area (Å²) in [4.78, 5) is 36.2. The molecule has 0 aliphatic heterocycles. The molecule has 0 aromatic heterocycles. The summed E-state index contributed by atoms with van der Waals surface area (Å²) in [5.41, 5.74) is 0. The van der Waals surface area contributed by atoms with Crippen LogP contribution in [0.4, 0.5) is 0 Å². The third-order valence-electron chi connectivity index (χ3n) is 9.32. The van der Waals surface area contributed by atoms with Crippen LogP contribution >= 0.6 is 0 Å². The number of aliphatic carboxylic acids is 1. The highest BCUT2D eigenvalue weighted by Gasteiger charge is 2.11. The van der Waals surface area contributed by atoms with Crippen molar-refractivity contribution in [2.45, 2.75) is 200 Å². The smallest absolute Gasteiger partial charge is 0.305 e. The number of nitrogens with zero attached hydrogens (tertiary/aromatic N) is 1. The number of rotatable bonds is 40. The van der Waals surface area contributed by atoms with E-state index in [1.807, 2.05) is 4.90 Å². The summed E-state index contributed by atoms with van der Waals surface area (Å²) in [6.45, 7) is 6.77. The summed E-state index contributed by atoms with van der Waals surface area (Å²) < 4.78 is 11.8. The van der Waals surface area contributed by atoms with Crippen LogP contribution in [0.1, 0.15) is 200 Å². The Morgan fingerprint density at radius 3 is 1.52 bits per heavy atom. The standard InChI is InChI=1S/C43H79NO6/c1-3-5-7-9-11-12-13-14-15-16-17-18-20-25-29-33-43(48)50-40-37-44(35-34-42(46)47)36-39-49-41(31-27-23-19-10-8-6-4-2)32-28-24-21-22-26-30-38-45/h14-15,31,38H,3-13,16-30,32-37,39-40H2,1-2H3,(H,46,47). The first-order valence-electron chi connectivity index (χ1n) is 21.0. The van der Waals surface area contributed by atoms with Crippen LogP contribution in [0.3, 0.4) is 0 Å². The molecular formula is C43H79NO6. The molecule has 0 heterocycles. The molecule has 0 aromatic carbocycles. The van der Waals surface area contributed by atoms with Gasteiger partial charge in [-0.15, -0.1) is 0 Å². The summed E-state index contributed by atoms with van der Waals surface area (Å²) in [6.07, 6.45) is 40.0. The third-order valence-corrected chi connectivity index (χ3v) is 9.32. The quantitative estimate of drug-likeness (QED) is 0.0223. The van der Waals surface area contributed by atoms with Crippen molar-refractivity contribution in [3.05, 3.63) is 24.0 Å². The minimum absolute atomic E-state index is 0.0493. The van der Waals surface area contributed by atoms with Gasteiger partial charge in [-0.1, -0.05) is 129 Å². The molecule has 1 N–H and O–H groups in total. The van der Waals surface area contributed by atoms with Crippen LogP contribution in [0.5, 0.6) is 0 Å². The van der Waals surface area contributed by atoms with E-state index in [1.54, 1.807) is 0 Å². The summed E-state index contributed by atoms with van der Waals surface area (Å²) in [7, 11) is 0. The molecule has 0 amide bonds. The van der Waals surface area contributed by atoms with Crippen molar-refractivity contribution in [3.63, 3.8) is 0 Å².